The van der Waals surface area contributed by atoms with Gasteiger partial charge >= 0.3 is 0 Å². The molecule has 1 amide bonds. The van der Waals surface area contributed by atoms with Gasteiger partial charge in [0, 0.05) is 9.92 Å². The van der Waals surface area contributed by atoms with Crippen molar-refractivity contribution in [1.29, 1.82) is 0 Å². The Balaban J connectivity index is 1.52. The molecule has 0 aliphatic rings. The van der Waals surface area contributed by atoms with Crippen LogP contribution in [0.3, 0.4) is 0 Å². The molecule has 1 heterocycles. The Bertz CT molecular complexity index is 1190. The molecule has 3 aromatic carbocycles. The lowest BCUT2D eigenvalue weighted by Crippen LogP contribution is -2.14. The van der Waals surface area contributed by atoms with E-state index in [2.05, 4.69) is 20.8 Å². The first-order valence-corrected chi connectivity index (χ1v) is 10.3. The van der Waals surface area contributed by atoms with E-state index >= 15 is 0 Å². The second kappa shape index (κ2) is 9.06. The van der Waals surface area contributed by atoms with Crippen molar-refractivity contribution in [2.75, 3.05) is 5.32 Å². The molecule has 0 aliphatic heterocycles. The standard InChI is InChI=1S/C21H15ClFN5OS/c22-14-10-11-18(17(23)12-14)24-21(29)16-8-4-5-9-19(16)30-13-20-25-26-27-28(20)15-6-2-1-3-7-15/h1-12H,13H2,(H,24,29). The fraction of sp³-hybridized carbons (Fsp3) is 0.0476. The minimum Gasteiger partial charge on any atom is -0.319 e. The number of carbonyl (C=O) groups excluding carboxylic acids is 1. The molecule has 0 fully saturated rings. The van der Waals surface area contributed by atoms with Crippen molar-refractivity contribution in [1.82, 2.24) is 20.2 Å². The Labute approximate surface area is 181 Å². The smallest absolute Gasteiger partial charge is 0.256 e. The molecule has 4 rings (SSSR count). The molecule has 30 heavy (non-hydrogen) atoms. The van der Waals surface area contributed by atoms with E-state index in [1.54, 1.807) is 16.8 Å². The number of halogens is 2. The molecule has 0 unspecified atom stereocenters. The van der Waals surface area contributed by atoms with Crippen molar-refractivity contribution in [3.05, 3.63) is 95.0 Å². The molecule has 1 aromatic heterocycles. The molecular weight excluding hydrogens is 425 g/mol. The number of hydrogen-bond donors (Lipinski definition) is 1. The summed E-state index contributed by atoms with van der Waals surface area (Å²) in [6.07, 6.45) is 0. The fourth-order valence-electron chi connectivity index (χ4n) is 2.77. The van der Waals surface area contributed by atoms with Gasteiger partial charge in [-0.15, -0.1) is 16.9 Å². The molecule has 0 radical (unpaired) electrons. The molecule has 0 saturated heterocycles. The number of aromatic nitrogens is 4. The van der Waals surface area contributed by atoms with Gasteiger partial charge in [0.2, 0.25) is 0 Å². The van der Waals surface area contributed by atoms with Gasteiger partial charge in [-0.1, -0.05) is 41.9 Å². The average Bonchev–Trinajstić information content (AvgIpc) is 3.24. The van der Waals surface area contributed by atoms with Crippen molar-refractivity contribution >= 4 is 35.0 Å². The zero-order chi connectivity index (χ0) is 20.9. The number of anilines is 1. The van der Waals surface area contributed by atoms with E-state index in [-0.39, 0.29) is 10.7 Å². The van der Waals surface area contributed by atoms with Crippen molar-refractivity contribution in [3.63, 3.8) is 0 Å². The van der Waals surface area contributed by atoms with Gasteiger partial charge in [-0.2, -0.15) is 4.68 Å². The Morgan fingerprint density at radius 2 is 1.83 bits per heavy atom. The maximum Gasteiger partial charge on any atom is 0.256 e. The molecule has 4 aromatic rings. The quantitative estimate of drug-likeness (QED) is 0.428. The summed E-state index contributed by atoms with van der Waals surface area (Å²) in [7, 11) is 0. The number of nitrogens with one attached hydrogen (secondary N) is 1. The van der Waals surface area contributed by atoms with Crippen LogP contribution in [0.2, 0.25) is 5.02 Å². The number of benzene rings is 3. The number of amides is 1. The summed E-state index contributed by atoms with van der Waals surface area (Å²) in [6.45, 7) is 0. The topological polar surface area (TPSA) is 72.7 Å². The van der Waals surface area contributed by atoms with E-state index in [0.29, 0.717) is 17.1 Å². The Morgan fingerprint density at radius 3 is 2.63 bits per heavy atom. The van der Waals surface area contributed by atoms with E-state index in [1.165, 1.54) is 23.9 Å². The Kier molecular flexibility index (Phi) is 6.06. The summed E-state index contributed by atoms with van der Waals surface area (Å²) >= 11 is 7.19. The molecule has 6 nitrogen and oxygen atoms in total. The predicted octanol–water partition coefficient (Wildman–Crippen LogP) is 5.00. The number of rotatable bonds is 6. The number of carbonyl (C=O) groups is 1. The molecule has 0 saturated carbocycles. The van der Waals surface area contributed by atoms with E-state index in [0.717, 1.165) is 16.6 Å². The summed E-state index contributed by atoms with van der Waals surface area (Å²) in [5.74, 6) is 0.0803. The zero-order valence-corrected chi connectivity index (χ0v) is 17.1. The van der Waals surface area contributed by atoms with Crippen LogP contribution in [0.25, 0.3) is 5.69 Å². The van der Waals surface area contributed by atoms with Crippen LogP contribution < -0.4 is 5.32 Å². The summed E-state index contributed by atoms with van der Waals surface area (Å²) in [5, 5.41) is 14.7. The number of para-hydroxylation sites is 1. The van der Waals surface area contributed by atoms with Crippen LogP contribution in [0, 0.1) is 5.82 Å². The summed E-state index contributed by atoms with van der Waals surface area (Å²) in [6, 6.07) is 20.8. The normalized spacial score (nSPS) is 10.7. The molecule has 0 aliphatic carbocycles. The van der Waals surface area contributed by atoms with Crippen molar-refractivity contribution in [2.45, 2.75) is 10.6 Å². The number of tetrazole rings is 1. The molecular formula is C21H15ClFN5OS. The third-order valence-corrected chi connectivity index (χ3v) is 5.51. The van der Waals surface area contributed by atoms with Gasteiger partial charge in [0.1, 0.15) is 5.82 Å². The zero-order valence-electron chi connectivity index (χ0n) is 15.5. The monoisotopic (exact) mass is 439 g/mol. The number of hydrogen-bond acceptors (Lipinski definition) is 5. The van der Waals surface area contributed by atoms with E-state index < -0.39 is 11.7 Å². The fourth-order valence-corrected chi connectivity index (χ4v) is 3.88. The van der Waals surface area contributed by atoms with Gasteiger partial charge in [-0.05, 0) is 52.9 Å². The van der Waals surface area contributed by atoms with Crippen molar-refractivity contribution in [2.24, 2.45) is 0 Å². The van der Waals surface area contributed by atoms with Crippen LogP contribution in [-0.4, -0.2) is 26.1 Å². The SMILES string of the molecule is O=C(Nc1ccc(Cl)cc1F)c1ccccc1SCc1nnnn1-c1ccccc1. The van der Waals surface area contributed by atoms with Gasteiger partial charge < -0.3 is 5.32 Å². The lowest BCUT2D eigenvalue weighted by atomic mass is 10.2. The third-order valence-electron chi connectivity index (χ3n) is 4.20. The molecule has 1 N–H and O–H groups in total. The van der Waals surface area contributed by atoms with E-state index in [4.69, 9.17) is 11.6 Å². The maximum absolute atomic E-state index is 14.0. The van der Waals surface area contributed by atoms with Crippen LogP contribution >= 0.6 is 23.4 Å². The highest BCUT2D eigenvalue weighted by atomic mass is 35.5. The molecule has 0 bridgehead atoms. The van der Waals surface area contributed by atoms with Crippen LogP contribution in [0.5, 0.6) is 0 Å². The van der Waals surface area contributed by atoms with Gasteiger partial charge in [-0.25, -0.2) is 4.39 Å². The van der Waals surface area contributed by atoms with Gasteiger partial charge in [0.15, 0.2) is 5.82 Å². The number of nitrogens with zero attached hydrogens (tertiary/aromatic N) is 4. The van der Waals surface area contributed by atoms with Gasteiger partial charge in [0.05, 0.1) is 22.7 Å². The van der Waals surface area contributed by atoms with Crippen LogP contribution in [0.15, 0.2) is 77.7 Å². The average molecular weight is 440 g/mol. The van der Waals surface area contributed by atoms with E-state index in [1.807, 2.05) is 42.5 Å². The highest BCUT2D eigenvalue weighted by Crippen LogP contribution is 2.27. The van der Waals surface area contributed by atoms with Crippen molar-refractivity contribution in [3.8, 4) is 5.69 Å². The van der Waals surface area contributed by atoms with Gasteiger partial charge in [-0.3, -0.25) is 4.79 Å². The lowest BCUT2D eigenvalue weighted by Gasteiger charge is -2.11. The Hall–Kier alpha value is -3.23. The molecule has 0 spiro atoms. The highest BCUT2D eigenvalue weighted by Gasteiger charge is 2.15. The van der Waals surface area contributed by atoms with Gasteiger partial charge in [0.25, 0.3) is 5.91 Å². The summed E-state index contributed by atoms with van der Waals surface area (Å²) in [5.41, 5.74) is 1.34. The van der Waals surface area contributed by atoms with E-state index in [9.17, 15) is 9.18 Å². The first kappa shape index (κ1) is 20.1. The largest absolute Gasteiger partial charge is 0.319 e. The second-order valence-electron chi connectivity index (χ2n) is 6.21. The summed E-state index contributed by atoms with van der Waals surface area (Å²) < 4.78 is 15.7. The minimum atomic E-state index is -0.594. The van der Waals surface area contributed by atoms with Crippen LogP contribution in [0.1, 0.15) is 16.2 Å². The molecule has 150 valence electrons. The first-order valence-electron chi connectivity index (χ1n) is 8.93. The summed E-state index contributed by atoms with van der Waals surface area (Å²) in [4.78, 5) is 13.5. The van der Waals surface area contributed by atoms with Crippen LogP contribution in [-0.2, 0) is 5.75 Å². The maximum atomic E-state index is 14.0. The first-order chi connectivity index (χ1) is 14.6. The number of thioether (sulfide) groups is 1. The molecule has 9 heteroatoms. The minimum absolute atomic E-state index is 0.0669. The predicted molar refractivity (Wildman–Crippen MR) is 115 cm³/mol. The Morgan fingerprint density at radius 1 is 1.07 bits per heavy atom. The van der Waals surface area contributed by atoms with Crippen molar-refractivity contribution < 1.29 is 9.18 Å². The van der Waals surface area contributed by atoms with Crippen LogP contribution in [0.4, 0.5) is 10.1 Å². The lowest BCUT2D eigenvalue weighted by molar-refractivity contribution is 0.102. The highest BCUT2D eigenvalue weighted by molar-refractivity contribution is 7.98. The third kappa shape index (κ3) is 4.50. The second-order valence-corrected chi connectivity index (χ2v) is 7.66. The molecule has 0 atom stereocenters.